The van der Waals surface area contributed by atoms with Gasteiger partial charge in [0.25, 0.3) is 0 Å². The van der Waals surface area contributed by atoms with Crippen LogP contribution in [0.15, 0.2) is 24.3 Å². The van der Waals surface area contributed by atoms with Gasteiger partial charge in [-0.05, 0) is 52.1 Å². The van der Waals surface area contributed by atoms with E-state index in [4.69, 9.17) is 0 Å². The van der Waals surface area contributed by atoms with E-state index in [0.717, 1.165) is 31.7 Å². The molecule has 2 atom stereocenters. The van der Waals surface area contributed by atoms with Gasteiger partial charge >= 0.3 is 0 Å². The van der Waals surface area contributed by atoms with E-state index in [-0.39, 0.29) is 11.7 Å². The molecule has 0 bridgehead atoms. The van der Waals surface area contributed by atoms with Gasteiger partial charge in [0.05, 0.1) is 0 Å². The van der Waals surface area contributed by atoms with Crippen LogP contribution in [0, 0.1) is 5.82 Å². The fourth-order valence-corrected chi connectivity index (χ4v) is 3.42. The number of hydrogen-bond acceptors (Lipinski definition) is 3. The Morgan fingerprint density at radius 1 is 1.25 bits per heavy atom. The van der Waals surface area contributed by atoms with Gasteiger partial charge < -0.3 is 9.80 Å². The third kappa shape index (κ3) is 5.28. The van der Waals surface area contributed by atoms with Crippen molar-refractivity contribution in [2.75, 3.05) is 40.3 Å². The lowest BCUT2D eigenvalue weighted by atomic mass is 10.1. The van der Waals surface area contributed by atoms with Gasteiger partial charge in [0.2, 0.25) is 5.91 Å². The van der Waals surface area contributed by atoms with Crippen molar-refractivity contribution in [1.29, 1.82) is 0 Å². The molecule has 4 nitrogen and oxygen atoms in total. The molecule has 1 aliphatic heterocycles. The van der Waals surface area contributed by atoms with Crippen LogP contribution in [0.1, 0.15) is 25.8 Å². The standard InChI is InChI=1S/C19H30FN3O/c1-15-13-22(14-16(2)23(15)11-10-21(3)4)19(24)9-8-17-6-5-7-18(20)12-17/h5-7,12,15-16H,8-11,13-14H2,1-4H3. The minimum Gasteiger partial charge on any atom is -0.340 e. The summed E-state index contributed by atoms with van der Waals surface area (Å²) >= 11 is 0. The Hall–Kier alpha value is -1.46. The van der Waals surface area contributed by atoms with E-state index >= 15 is 0 Å². The van der Waals surface area contributed by atoms with Crippen molar-refractivity contribution < 1.29 is 9.18 Å². The number of benzene rings is 1. The molecule has 1 amide bonds. The molecule has 1 fully saturated rings. The smallest absolute Gasteiger partial charge is 0.223 e. The number of carbonyl (C=O) groups is 1. The van der Waals surface area contributed by atoms with Crippen molar-refractivity contribution in [3.05, 3.63) is 35.6 Å². The van der Waals surface area contributed by atoms with Gasteiger partial charge in [-0.1, -0.05) is 12.1 Å². The minimum atomic E-state index is -0.239. The quantitative estimate of drug-likeness (QED) is 0.798. The van der Waals surface area contributed by atoms with Gasteiger partial charge in [-0.3, -0.25) is 9.69 Å². The summed E-state index contributed by atoms with van der Waals surface area (Å²) in [5, 5.41) is 0. The first kappa shape index (κ1) is 18.9. The summed E-state index contributed by atoms with van der Waals surface area (Å²) in [6, 6.07) is 7.25. The maximum Gasteiger partial charge on any atom is 0.223 e. The van der Waals surface area contributed by atoms with Crippen molar-refractivity contribution in [2.45, 2.75) is 38.8 Å². The minimum absolute atomic E-state index is 0.172. The van der Waals surface area contributed by atoms with Crippen molar-refractivity contribution in [1.82, 2.24) is 14.7 Å². The van der Waals surface area contributed by atoms with Crippen molar-refractivity contribution in [2.24, 2.45) is 0 Å². The molecule has 1 aliphatic rings. The molecule has 1 saturated heterocycles. The largest absolute Gasteiger partial charge is 0.340 e. The predicted molar refractivity (Wildman–Crippen MR) is 95.5 cm³/mol. The SMILES string of the molecule is CC1CN(C(=O)CCc2cccc(F)c2)CC(C)N1CCN(C)C. The maximum atomic E-state index is 13.2. The summed E-state index contributed by atoms with van der Waals surface area (Å²) in [6.45, 7) is 8.00. The summed E-state index contributed by atoms with van der Waals surface area (Å²) in [4.78, 5) is 19.2. The zero-order valence-electron chi connectivity index (χ0n) is 15.3. The van der Waals surface area contributed by atoms with E-state index in [1.165, 1.54) is 12.1 Å². The Balaban J connectivity index is 1.85. The lowest BCUT2D eigenvalue weighted by molar-refractivity contribution is -0.135. The monoisotopic (exact) mass is 335 g/mol. The number of amides is 1. The van der Waals surface area contributed by atoms with Crippen molar-refractivity contribution >= 4 is 5.91 Å². The molecule has 24 heavy (non-hydrogen) atoms. The number of halogens is 1. The summed E-state index contributed by atoms with van der Waals surface area (Å²) in [6.07, 6.45) is 1.04. The van der Waals surface area contributed by atoms with Crippen LogP contribution >= 0.6 is 0 Å². The molecule has 1 heterocycles. The Morgan fingerprint density at radius 2 is 1.92 bits per heavy atom. The second kappa shape index (κ2) is 8.58. The van der Waals surface area contributed by atoms with Gasteiger partial charge in [-0.15, -0.1) is 0 Å². The first-order valence-corrected chi connectivity index (χ1v) is 8.79. The first-order valence-electron chi connectivity index (χ1n) is 8.79. The molecule has 0 spiro atoms. The van der Waals surface area contributed by atoms with E-state index in [2.05, 4.69) is 37.7 Å². The number of hydrogen-bond donors (Lipinski definition) is 0. The van der Waals surface area contributed by atoms with E-state index in [0.29, 0.717) is 24.9 Å². The van der Waals surface area contributed by atoms with Gasteiger partial charge in [-0.25, -0.2) is 4.39 Å². The van der Waals surface area contributed by atoms with E-state index in [1.807, 2.05) is 11.0 Å². The fraction of sp³-hybridized carbons (Fsp3) is 0.632. The summed E-state index contributed by atoms with van der Waals surface area (Å²) in [7, 11) is 4.17. The Kier molecular flexibility index (Phi) is 6.75. The van der Waals surface area contributed by atoms with Gasteiger partial charge in [-0.2, -0.15) is 0 Å². The van der Waals surface area contributed by atoms with Gasteiger partial charge in [0.15, 0.2) is 0 Å². The number of piperazine rings is 1. The maximum absolute atomic E-state index is 13.2. The van der Waals surface area contributed by atoms with Crippen LogP contribution < -0.4 is 0 Å². The molecular weight excluding hydrogens is 305 g/mol. The highest BCUT2D eigenvalue weighted by molar-refractivity contribution is 5.76. The van der Waals surface area contributed by atoms with Crippen LogP contribution in [0.25, 0.3) is 0 Å². The fourth-order valence-electron chi connectivity index (χ4n) is 3.42. The number of carbonyl (C=O) groups excluding carboxylic acids is 1. The molecule has 0 N–H and O–H groups in total. The predicted octanol–water partition coefficient (Wildman–Crippen LogP) is 2.24. The zero-order valence-corrected chi connectivity index (χ0v) is 15.3. The molecule has 1 aromatic carbocycles. The second-order valence-corrected chi connectivity index (χ2v) is 7.17. The van der Waals surface area contributed by atoms with E-state index in [1.54, 1.807) is 6.07 Å². The Labute approximate surface area is 145 Å². The lowest BCUT2D eigenvalue weighted by Gasteiger charge is -2.45. The molecule has 0 aliphatic carbocycles. The molecule has 0 saturated carbocycles. The molecular formula is C19H30FN3O. The average Bonchev–Trinajstić information content (AvgIpc) is 2.51. The molecule has 1 aromatic rings. The normalized spacial score (nSPS) is 22.2. The molecule has 2 rings (SSSR count). The van der Waals surface area contributed by atoms with Crippen LogP contribution in [-0.2, 0) is 11.2 Å². The van der Waals surface area contributed by atoms with Crippen molar-refractivity contribution in [3.63, 3.8) is 0 Å². The van der Waals surface area contributed by atoms with Crippen LogP contribution in [-0.4, -0.2) is 73.0 Å². The summed E-state index contributed by atoms with van der Waals surface area (Å²) < 4.78 is 13.2. The zero-order chi connectivity index (χ0) is 17.7. The van der Waals surface area contributed by atoms with Crippen molar-refractivity contribution in [3.8, 4) is 0 Å². The van der Waals surface area contributed by atoms with Gasteiger partial charge in [0.1, 0.15) is 5.82 Å². The first-order chi connectivity index (χ1) is 11.4. The summed E-state index contributed by atoms with van der Waals surface area (Å²) in [5.41, 5.74) is 0.883. The average molecular weight is 335 g/mol. The number of rotatable bonds is 6. The molecule has 2 unspecified atom stereocenters. The lowest BCUT2D eigenvalue weighted by Crippen LogP contribution is -2.59. The molecule has 134 valence electrons. The third-order valence-electron chi connectivity index (χ3n) is 4.78. The van der Waals surface area contributed by atoms with Crippen LogP contribution in [0.4, 0.5) is 4.39 Å². The molecule has 0 aromatic heterocycles. The molecule has 5 heteroatoms. The van der Waals surface area contributed by atoms with Crippen LogP contribution in [0.5, 0.6) is 0 Å². The Morgan fingerprint density at radius 3 is 2.50 bits per heavy atom. The number of nitrogens with zero attached hydrogens (tertiary/aromatic N) is 3. The Bertz CT molecular complexity index is 537. The van der Waals surface area contributed by atoms with Crippen LogP contribution in [0.2, 0.25) is 0 Å². The third-order valence-corrected chi connectivity index (χ3v) is 4.78. The number of likely N-dealkylation sites (N-methyl/N-ethyl adjacent to an activating group) is 1. The van der Waals surface area contributed by atoms with E-state index < -0.39 is 0 Å². The van der Waals surface area contributed by atoms with E-state index in [9.17, 15) is 9.18 Å². The number of aryl methyl sites for hydroxylation is 1. The van der Waals surface area contributed by atoms with Gasteiger partial charge in [0, 0.05) is 44.7 Å². The highest BCUT2D eigenvalue weighted by Gasteiger charge is 2.31. The summed E-state index contributed by atoms with van der Waals surface area (Å²) in [5.74, 6) is -0.0677. The topological polar surface area (TPSA) is 26.8 Å². The highest BCUT2D eigenvalue weighted by Crippen LogP contribution is 2.17. The highest BCUT2D eigenvalue weighted by atomic mass is 19.1. The van der Waals surface area contributed by atoms with Crippen LogP contribution in [0.3, 0.4) is 0 Å². The molecule has 0 radical (unpaired) electrons. The second-order valence-electron chi connectivity index (χ2n) is 7.17.